The van der Waals surface area contributed by atoms with Crippen LogP contribution >= 0.6 is 0 Å². The molecule has 3 aromatic carbocycles. The molecule has 0 fully saturated rings. The predicted octanol–water partition coefficient (Wildman–Crippen LogP) is 11.7. The molecule has 0 amide bonds. The largest absolute Gasteiger partial charge is 0.358 e. The van der Waals surface area contributed by atoms with E-state index in [0.717, 1.165) is 6.42 Å². The summed E-state index contributed by atoms with van der Waals surface area (Å²) in [5.74, 6) is 0.518. The molecule has 1 heteroatoms. The van der Waals surface area contributed by atoms with E-state index < -0.39 is 0 Å². The van der Waals surface area contributed by atoms with Gasteiger partial charge in [0, 0.05) is 5.41 Å². The van der Waals surface area contributed by atoms with Gasteiger partial charge in [-0.1, -0.05) is 104 Å². The maximum absolute atomic E-state index is 3.65. The summed E-state index contributed by atoms with van der Waals surface area (Å²) in [6, 6.07) is 22.3. The van der Waals surface area contributed by atoms with Crippen LogP contribution in [0.1, 0.15) is 110 Å². The van der Waals surface area contributed by atoms with Crippen molar-refractivity contribution in [1.82, 2.24) is 0 Å². The normalized spacial score (nSPS) is 18.7. The molecule has 1 atom stereocenters. The smallest absolute Gasteiger partial charge is 0.171 e. The molecule has 0 radical (unpaired) electrons. The average Bonchev–Trinajstić information content (AvgIpc) is 3.63. The van der Waals surface area contributed by atoms with Crippen LogP contribution in [0.15, 0.2) is 77.9 Å². The topological polar surface area (TPSA) is 0 Å². The van der Waals surface area contributed by atoms with Crippen LogP contribution in [-0.4, -0.2) is 4.21 Å². The second-order valence-electron chi connectivity index (χ2n) is 14.7. The Balaban J connectivity index is 0.000000229. The van der Waals surface area contributed by atoms with Crippen LogP contribution in [-0.2, 0) is 41.5 Å². The maximum atomic E-state index is 3.65. The third-order valence-corrected chi connectivity index (χ3v) is 9.11. The second-order valence-corrected chi connectivity index (χ2v) is 14.7. The van der Waals surface area contributed by atoms with Crippen molar-refractivity contribution in [2.24, 2.45) is 11.3 Å². The summed E-state index contributed by atoms with van der Waals surface area (Å²) in [5.41, 5.74) is 17.6. The quantitative estimate of drug-likeness (QED) is 0.163. The third kappa shape index (κ3) is 7.68. The van der Waals surface area contributed by atoms with E-state index in [1.807, 2.05) is 30.3 Å². The van der Waals surface area contributed by atoms with E-state index in [0.29, 0.717) is 11.3 Å². The molecular formula is C44H52Zr-4. The van der Waals surface area contributed by atoms with Crippen LogP contribution in [0.3, 0.4) is 0 Å². The Kier molecular flexibility index (Phi) is 11.5. The minimum atomic E-state index is 0. The first kappa shape index (κ1) is 36.8. The molecule has 0 spiro atoms. The van der Waals surface area contributed by atoms with Crippen molar-refractivity contribution in [1.29, 1.82) is 0 Å². The number of hydrogen-bond acceptors (Lipinski definition) is 0. The summed E-state index contributed by atoms with van der Waals surface area (Å²) < 4.78 is 3.34. The molecule has 4 aliphatic rings. The van der Waals surface area contributed by atoms with Gasteiger partial charge >= 0.3 is 28.4 Å². The first-order chi connectivity index (χ1) is 20.6. The van der Waals surface area contributed by atoms with Gasteiger partial charge in [0.1, 0.15) is 0 Å². The second kappa shape index (κ2) is 14.0. The van der Waals surface area contributed by atoms with Crippen molar-refractivity contribution < 1.29 is 24.2 Å². The van der Waals surface area contributed by atoms with Crippen molar-refractivity contribution in [3.05, 3.63) is 137 Å². The molecule has 3 aromatic rings. The van der Waals surface area contributed by atoms with Crippen LogP contribution in [0.4, 0.5) is 0 Å². The van der Waals surface area contributed by atoms with Crippen LogP contribution in [0.2, 0.25) is 0 Å². The van der Waals surface area contributed by atoms with Crippen LogP contribution in [0, 0.1) is 37.0 Å². The van der Waals surface area contributed by atoms with E-state index in [2.05, 4.69) is 135 Å². The zero-order valence-electron chi connectivity index (χ0n) is 29.8. The molecule has 236 valence electrons. The van der Waals surface area contributed by atoms with Gasteiger partial charge in [-0.05, 0) is 58.4 Å². The van der Waals surface area contributed by atoms with E-state index in [4.69, 9.17) is 0 Å². The Hall–Kier alpha value is -2.63. The number of allylic oxidation sites excluding steroid dienone is 8. The first-order valence-electron chi connectivity index (χ1n) is 15.8. The third-order valence-electron chi connectivity index (χ3n) is 9.11. The minimum Gasteiger partial charge on any atom is -0.358 e. The first-order valence-corrected chi connectivity index (χ1v) is 17.6. The molecule has 0 heterocycles. The van der Waals surface area contributed by atoms with Crippen LogP contribution in [0.5, 0.6) is 0 Å². The fraction of sp³-hybridized carbons (Fsp3) is 0.364. The van der Waals surface area contributed by atoms with E-state index in [1.165, 1.54) is 91.0 Å². The molecule has 0 saturated carbocycles. The van der Waals surface area contributed by atoms with Crippen molar-refractivity contribution in [3.63, 3.8) is 0 Å². The SMILES string of the molecule is CC1=[C-]C(C)(C)c2cc3c(cc21)-c1cc2c(cc1C3)C(C)(C)C=C2C.CC1=[C-]C(C)C=C1C(C)(C)C.[CH2]=[Zr].[CH3-].[c-]1ccccc1. The van der Waals surface area contributed by atoms with Crippen molar-refractivity contribution in [3.8, 4) is 11.1 Å². The number of rotatable bonds is 0. The van der Waals surface area contributed by atoms with E-state index in [1.54, 1.807) is 0 Å². The summed E-state index contributed by atoms with van der Waals surface area (Å²) in [7, 11) is 0. The van der Waals surface area contributed by atoms with Gasteiger partial charge in [0.2, 0.25) is 0 Å². The molecule has 45 heavy (non-hydrogen) atoms. The van der Waals surface area contributed by atoms with Crippen molar-refractivity contribution >= 4 is 15.4 Å². The summed E-state index contributed by atoms with van der Waals surface area (Å²) in [6.07, 6.45) is 12.8. The Morgan fingerprint density at radius 2 is 1.33 bits per heavy atom. The Bertz CT molecular complexity index is 1550. The van der Waals surface area contributed by atoms with Gasteiger partial charge in [-0.25, -0.2) is 11.1 Å². The van der Waals surface area contributed by atoms with Crippen molar-refractivity contribution in [2.45, 2.75) is 93.4 Å². The molecule has 4 aliphatic carbocycles. The van der Waals surface area contributed by atoms with Gasteiger partial charge in [0.25, 0.3) is 0 Å². The molecule has 1 unspecified atom stereocenters. The summed E-state index contributed by atoms with van der Waals surface area (Å²) in [6.45, 7) is 24.8. The van der Waals surface area contributed by atoms with E-state index in [-0.39, 0.29) is 18.3 Å². The summed E-state index contributed by atoms with van der Waals surface area (Å²) >= 11 is 1.30. The number of hydrogen-bond donors (Lipinski definition) is 0. The predicted molar refractivity (Wildman–Crippen MR) is 195 cm³/mol. The number of fused-ring (bicyclic) bond motifs is 5. The van der Waals surface area contributed by atoms with Gasteiger partial charge < -0.3 is 7.43 Å². The van der Waals surface area contributed by atoms with Crippen LogP contribution < -0.4 is 0 Å². The maximum Gasteiger partial charge on any atom is -0.171 e. The Morgan fingerprint density at radius 3 is 1.78 bits per heavy atom. The minimum absolute atomic E-state index is 0. The fourth-order valence-corrected chi connectivity index (χ4v) is 7.27. The molecule has 7 rings (SSSR count). The Morgan fingerprint density at radius 1 is 0.778 bits per heavy atom. The Labute approximate surface area is 290 Å². The monoisotopic (exact) mass is 670 g/mol. The zero-order valence-corrected chi connectivity index (χ0v) is 32.3. The van der Waals surface area contributed by atoms with E-state index in [9.17, 15) is 0 Å². The molecule has 0 aromatic heterocycles. The summed E-state index contributed by atoms with van der Waals surface area (Å²) in [4.78, 5) is 0. The van der Waals surface area contributed by atoms with Gasteiger partial charge in [0.05, 0.1) is 0 Å². The van der Waals surface area contributed by atoms with E-state index >= 15 is 0 Å². The summed E-state index contributed by atoms with van der Waals surface area (Å²) in [5, 5.41) is 0. The van der Waals surface area contributed by atoms with Gasteiger partial charge in [-0.2, -0.15) is 53.6 Å². The molecule has 0 bridgehead atoms. The zero-order chi connectivity index (χ0) is 32.6. The molecule has 0 N–H and O–H groups in total. The average molecular weight is 672 g/mol. The van der Waals surface area contributed by atoms with Crippen molar-refractivity contribution in [2.75, 3.05) is 0 Å². The van der Waals surface area contributed by atoms with Crippen LogP contribution in [0.25, 0.3) is 22.3 Å². The van der Waals surface area contributed by atoms with Gasteiger partial charge in [0.15, 0.2) is 0 Å². The van der Waals surface area contributed by atoms with Gasteiger partial charge in [-0.15, -0.1) is 11.6 Å². The standard InChI is InChI=1S/C25H25.C11H17.C6H5.CH3.CH2.Zr/c1-14-12-24(3,4)22-8-16-7-17-9-23-19(15(2)13-25(23,5)6)11-21(17)20(16)10-18(14)22;1-8-6-9(2)10(7-8)11(3,4)5;1-2-4-6-5-3-1;;;/h8-12H,7H2,1-6H3;7-8H,1-5H3;1-5H;1H3;1H2;/q4*-1;;. The molecular weight excluding hydrogens is 620 g/mol. The van der Waals surface area contributed by atoms with Gasteiger partial charge in [-0.3, -0.25) is 12.2 Å². The molecule has 0 nitrogen and oxygen atoms in total. The molecule has 0 saturated heterocycles. The fourth-order valence-electron chi connectivity index (χ4n) is 7.27. The molecule has 0 aliphatic heterocycles. The number of benzene rings is 3.